The fourth-order valence-corrected chi connectivity index (χ4v) is 3.34. The van der Waals surface area contributed by atoms with Crippen LogP contribution in [0.3, 0.4) is 0 Å². The summed E-state index contributed by atoms with van der Waals surface area (Å²) in [6.45, 7) is 1.51. The van der Waals surface area contributed by atoms with Crippen molar-refractivity contribution in [2.45, 2.75) is 25.2 Å². The first kappa shape index (κ1) is 17.3. The number of ether oxygens (including phenoxy) is 2. The molecule has 0 radical (unpaired) electrons. The van der Waals surface area contributed by atoms with Crippen molar-refractivity contribution < 1.29 is 14.3 Å². The van der Waals surface area contributed by atoms with E-state index in [1.807, 2.05) is 41.3 Å². The average molecular weight is 340 g/mol. The van der Waals surface area contributed by atoms with E-state index in [-0.39, 0.29) is 11.8 Å². The number of methoxy groups -OCH3 is 2. The normalized spacial score (nSPS) is 16.7. The summed E-state index contributed by atoms with van der Waals surface area (Å²) in [5.41, 5.74) is 2.07. The molecule has 0 unspecified atom stereocenters. The van der Waals surface area contributed by atoms with Gasteiger partial charge in [0.25, 0.3) is 0 Å². The second kappa shape index (κ2) is 8.01. The summed E-state index contributed by atoms with van der Waals surface area (Å²) < 4.78 is 10.8. The van der Waals surface area contributed by atoms with Crippen molar-refractivity contribution in [1.29, 1.82) is 0 Å². The number of aryl methyl sites for hydroxylation is 1. The predicted molar refractivity (Wildman–Crippen MR) is 96.0 cm³/mol. The Kier molecular flexibility index (Phi) is 5.53. The topological polar surface area (TPSA) is 51.7 Å². The molecule has 0 bridgehead atoms. The van der Waals surface area contributed by atoms with E-state index in [1.54, 1.807) is 20.4 Å². The smallest absolute Gasteiger partial charge is 0.222 e. The molecule has 1 saturated heterocycles. The first-order chi connectivity index (χ1) is 12.2. The molecule has 0 saturated carbocycles. The highest BCUT2D eigenvalue weighted by Gasteiger charge is 2.29. The van der Waals surface area contributed by atoms with Gasteiger partial charge in [0.2, 0.25) is 5.91 Å². The predicted octanol–water partition coefficient (Wildman–Crippen LogP) is 3.05. The second-order valence-electron chi connectivity index (χ2n) is 6.25. The Morgan fingerprint density at radius 1 is 1.24 bits per heavy atom. The number of nitrogens with zero attached hydrogens (tertiary/aromatic N) is 2. The van der Waals surface area contributed by atoms with Crippen molar-refractivity contribution in [2.24, 2.45) is 0 Å². The minimum atomic E-state index is 0.190. The highest BCUT2D eigenvalue weighted by atomic mass is 16.5. The molecule has 2 heterocycles. The lowest BCUT2D eigenvalue weighted by Crippen LogP contribution is -2.28. The number of benzene rings is 1. The number of carbonyl (C=O) groups is 1. The summed E-state index contributed by atoms with van der Waals surface area (Å²) in [6.07, 6.45) is 3.89. The summed E-state index contributed by atoms with van der Waals surface area (Å²) in [6, 6.07) is 11.6. The first-order valence-electron chi connectivity index (χ1n) is 8.61. The van der Waals surface area contributed by atoms with E-state index in [0.29, 0.717) is 12.8 Å². The summed E-state index contributed by atoms with van der Waals surface area (Å²) in [7, 11) is 3.34. The molecule has 1 amide bonds. The third-order valence-electron chi connectivity index (χ3n) is 4.74. The third-order valence-corrected chi connectivity index (χ3v) is 4.74. The Balaban J connectivity index is 1.62. The van der Waals surface area contributed by atoms with Crippen LogP contribution in [0.1, 0.15) is 30.0 Å². The van der Waals surface area contributed by atoms with Gasteiger partial charge in [-0.25, -0.2) is 0 Å². The molecule has 5 heteroatoms. The maximum absolute atomic E-state index is 12.5. The fraction of sp³-hybridized carbons (Fsp3) is 0.400. The molecule has 1 aliphatic rings. The Labute approximate surface area is 148 Å². The van der Waals surface area contributed by atoms with Gasteiger partial charge < -0.3 is 14.4 Å². The van der Waals surface area contributed by atoms with Gasteiger partial charge in [-0.05, 0) is 43.2 Å². The number of amides is 1. The van der Waals surface area contributed by atoms with Gasteiger partial charge in [0, 0.05) is 42.9 Å². The molecule has 1 atom stereocenters. The van der Waals surface area contributed by atoms with Crippen LogP contribution in [0.15, 0.2) is 42.6 Å². The summed E-state index contributed by atoms with van der Waals surface area (Å²) in [5.74, 6) is 2.14. The number of hydrogen-bond donors (Lipinski definition) is 0. The molecule has 2 aromatic rings. The molecule has 5 nitrogen and oxygen atoms in total. The molecule has 1 aromatic heterocycles. The number of carbonyl (C=O) groups excluding carboxylic acids is 1. The van der Waals surface area contributed by atoms with Crippen LogP contribution in [0.4, 0.5) is 0 Å². The van der Waals surface area contributed by atoms with E-state index < -0.39 is 0 Å². The third kappa shape index (κ3) is 4.10. The molecule has 1 aromatic carbocycles. The number of pyridine rings is 1. The first-order valence-corrected chi connectivity index (χ1v) is 8.61. The van der Waals surface area contributed by atoms with Gasteiger partial charge in [-0.3, -0.25) is 9.78 Å². The molecule has 1 aliphatic heterocycles. The van der Waals surface area contributed by atoms with Crippen LogP contribution in [0, 0.1) is 0 Å². The van der Waals surface area contributed by atoms with Crippen molar-refractivity contribution in [3.63, 3.8) is 0 Å². The molecular weight excluding hydrogens is 316 g/mol. The Hall–Kier alpha value is -2.56. The van der Waals surface area contributed by atoms with Crippen LogP contribution >= 0.6 is 0 Å². The van der Waals surface area contributed by atoms with Gasteiger partial charge in [-0.2, -0.15) is 0 Å². The molecular formula is C20H24N2O3. The second-order valence-corrected chi connectivity index (χ2v) is 6.25. The van der Waals surface area contributed by atoms with Crippen LogP contribution in [-0.4, -0.2) is 43.1 Å². The zero-order valence-electron chi connectivity index (χ0n) is 14.8. The van der Waals surface area contributed by atoms with Crippen molar-refractivity contribution in [1.82, 2.24) is 9.88 Å². The van der Waals surface area contributed by atoms with Crippen LogP contribution in [0.5, 0.6) is 11.5 Å². The minimum Gasteiger partial charge on any atom is -0.497 e. The Morgan fingerprint density at radius 3 is 2.84 bits per heavy atom. The van der Waals surface area contributed by atoms with E-state index in [0.717, 1.165) is 42.3 Å². The quantitative estimate of drug-likeness (QED) is 0.811. The minimum absolute atomic E-state index is 0.190. The van der Waals surface area contributed by atoms with Gasteiger partial charge in [-0.15, -0.1) is 0 Å². The van der Waals surface area contributed by atoms with Crippen molar-refractivity contribution in [2.75, 3.05) is 27.3 Å². The van der Waals surface area contributed by atoms with E-state index in [9.17, 15) is 4.79 Å². The lowest BCUT2D eigenvalue weighted by Gasteiger charge is -2.18. The summed E-state index contributed by atoms with van der Waals surface area (Å²) in [4.78, 5) is 18.7. The van der Waals surface area contributed by atoms with Crippen LogP contribution < -0.4 is 9.47 Å². The molecule has 0 N–H and O–H groups in total. The van der Waals surface area contributed by atoms with Crippen molar-refractivity contribution >= 4 is 5.91 Å². The number of rotatable bonds is 6. The van der Waals surface area contributed by atoms with Crippen LogP contribution in [-0.2, 0) is 11.2 Å². The molecule has 0 spiro atoms. The Bertz CT molecular complexity index is 718. The summed E-state index contributed by atoms with van der Waals surface area (Å²) >= 11 is 0. The van der Waals surface area contributed by atoms with E-state index >= 15 is 0 Å². The largest absolute Gasteiger partial charge is 0.497 e. The van der Waals surface area contributed by atoms with Gasteiger partial charge in [0.05, 0.1) is 14.2 Å². The molecule has 3 rings (SSSR count). The van der Waals surface area contributed by atoms with Gasteiger partial charge in [0.15, 0.2) is 0 Å². The van der Waals surface area contributed by atoms with Gasteiger partial charge in [0.1, 0.15) is 11.5 Å². The highest BCUT2D eigenvalue weighted by Crippen LogP contribution is 2.36. The van der Waals surface area contributed by atoms with Crippen molar-refractivity contribution in [3.05, 3.63) is 53.9 Å². The Morgan fingerprint density at radius 2 is 2.12 bits per heavy atom. The number of hydrogen-bond acceptors (Lipinski definition) is 4. The average Bonchev–Trinajstić information content (AvgIpc) is 3.16. The fourth-order valence-electron chi connectivity index (χ4n) is 3.34. The highest BCUT2D eigenvalue weighted by molar-refractivity contribution is 5.76. The standard InChI is InChI=1S/C20H24N2O3/c1-24-17-7-8-19(25-2)18(13-17)15-10-12-22(14-15)20(23)9-6-16-5-3-4-11-21-16/h3-5,7-8,11,13,15H,6,9-10,12,14H2,1-2H3/t15-/m1/s1. The van der Waals surface area contributed by atoms with E-state index in [4.69, 9.17) is 9.47 Å². The maximum Gasteiger partial charge on any atom is 0.222 e. The summed E-state index contributed by atoms with van der Waals surface area (Å²) in [5, 5.41) is 0. The molecule has 0 aliphatic carbocycles. The van der Waals surface area contributed by atoms with Crippen LogP contribution in [0.2, 0.25) is 0 Å². The zero-order valence-corrected chi connectivity index (χ0v) is 14.8. The molecule has 1 fully saturated rings. The van der Waals surface area contributed by atoms with Gasteiger partial charge in [-0.1, -0.05) is 6.07 Å². The zero-order chi connectivity index (χ0) is 17.6. The van der Waals surface area contributed by atoms with Crippen molar-refractivity contribution in [3.8, 4) is 11.5 Å². The lowest BCUT2D eigenvalue weighted by molar-refractivity contribution is -0.130. The molecule has 132 valence electrons. The number of aromatic nitrogens is 1. The lowest BCUT2D eigenvalue weighted by atomic mass is 9.97. The van der Waals surface area contributed by atoms with Crippen LogP contribution in [0.25, 0.3) is 0 Å². The SMILES string of the molecule is COc1ccc(OC)c([C@@H]2CCN(C(=O)CCc3ccccn3)C2)c1. The maximum atomic E-state index is 12.5. The van der Waals surface area contributed by atoms with E-state index in [2.05, 4.69) is 4.98 Å². The number of likely N-dealkylation sites (tertiary alicyclic amines) is 1. The monoisotopic (exact) mass is 340 g/mol. The molecule has 25 heavy (non-hydrogen) atoms. The van der Waals surface area contributed by atoms with E-state index in [1.165, 1.54) is 0 Å². The van der Waals surface area contributed by atoms with Gasteiger partial charge >= 0.3 is 0 Å².